The summed E-state index contributed by atoms with van der Waals surface area (Å²) < 4.78 is 10.7. The van der Waals surface area contributed by atoms with Crippen molar-refractivity contribution in [2.24, 2.45) is 0 Å². The van der Waals surface area contributed by atoms with Crippen LogP contribution in [0.2, 0.25) is 0 Å². The van der Waals surface area contributed by atoms with Crippen LogP contribution in [-0.4, -0.2) is 36.1 Å². The van der Waals surface area contributed by atoms with Crippen molar-refractivity contribution >= 4 is 11.6 Å². The van der Waals surface area contributed by atoms with Crippen LogP contribution in [0.5, 0.6) is 5.75 Å². The number of rotatable bonds is 6. The van der Waals surface area contributed by atoms with Crippen LogP contribution >= 0.6 is 0 Å². The summed E-state index contributed by atoms with van der Waals surface area (Å²) >= 11 is 0. The zero-order valence-electron chi connectivity index (χ0n) is 17.0. The van der Waals surface area contributed by atoms with Crippen molar-refractivity contribution in [1.82, 2.24) is 4.90 Å². The standard InChI is InChI=1S/C20H20N2O5.C2H6/c1-26-19-10-4-15(5-11-19)13-21(18-3-2-12-27-14-18)20(23)16-6-8-17(9-7-16)22(24)25;1-2/h3-11H,2,12-14H2,1H3;1-2H3. The molecule has 1 amide bonds. The third-order valence-electron chi connectivity index (χ3n) is 4.31. The van der Waals surface area contributed by atoms with Crippen LogP contribution in [0, 0.1) is 10.1 Å². The van der Waals surface area contributed by atoms with Gasteiger partial charge in [0.15, 0.2) is 0 Å². The van der Waals surface area contributed by atoms with Crippen LogP contribution in [0.15, 0.2) is 60.3 Å². The molecule has 2 aromatic rings. The highest BCUT2D eigenvalue weighted by Crippen LogP contribution is 2.21. The average molecular weight is 398 g/mol. The van der Waals surface area contributed by atoms with Gasteiger partial charge in [-0.25, -0.2) is 0 Å². The lowest BCUT2D eigenvalue weighted by Gasteiger charge is -2.28. The van der Waals surface area contributed by atoms with Crippen molar-refractivity contribution < 1.29 is 19.2 Å². The van der Waals surface area contributed by atoms with E-state index >= 15 is 0 Å². The molecule has 0 N–H and O–H groups in total. The second-order valence-electron chi connectivity index (χ2n) is 6.08. The summed E-state index contributed by atoms with van der Waals surface area (Å²) in [6.45, 7) is 5.36. The Morgan fingerprint density at radius 1 is 1.14 bits per heavy atom. The van der Waals surface area contributed by atoms with E-state index in [9.17, 15) is 14.9 Å². The van der Waals surface area contributed by atoms with Gasteiger partial charge in [0.05, 0.1) is 31.8 Å². The fourth-order valence-electron chi connectivity index (χ4n) is 2.83. The minimum atomic E-state index is -0.485. The highest BCUT2D eigenvalue weighted by Gasteiger charge is 2.22. The maximum atomic E-state index is 13.1. The number of carbonyl (C=O) groups excluding carboxylic acids is 1. The van der Waals surface area contributed by atoms with Gasteiger partial charge in [-0.3, -0.25) is 14.9 Å². The molecule has 0 bridgehead atoms. The Kier molecular flexibility index (Phi) is 8.36. The third kappa shape index (κ3) is 5.89. The van der Waals surface area contributed by atoms with Crippen molar-refractivity contribution in [3.63, 3.8) is 0 Å². The van der Waals surface area contributed by atoms with E-state index in [0.717, 1.165) is 23.4 Å². The maximum Gasteiger partial charge on any atom is 0.269 e. The quantitative estimate of drug-likeness (QED) is 0.526. The minimum absolute atomic E-state index is 0.0477. The number of nitro benzene ring substituents is 1. The van der Waals surface area contributed by atoms with Gasteiger partial charge in [0, 0.05) is 23.4 Å². The van der Waals surface area contributed by atoms with Crippen LogP contribution in [0.3, 0.4) is 0 Å². The molecule has 0 atom stereocenters. The van der Waals surface area contributed by atoms with E-state index in [1.807, 2.05) is 44.2 Å². The number of ether oxygens (including phenoxy) is 2. The molecule has 2 aromatic carbocycles. The molecule has 154 valence electrons. The van der Waals surface area contributed by atoms with Gasteiger partial charge in [0.1, 0.15) is 5.75 Å². The van der Waals surface area contributed by atoms with E-state index < -0.39 is 4.92 Å². The van der Waals surface area contributed by atoms with E-state index in [4.69, 9.17) is 9.47 Å². The number of non-ortho nitro benzene ring substituents is 1. The maximum absolute atomic E-state index is 13.1. The number of benzene rings is 2. The zero-order chi connectivity index (χ0) is 21.2. The Bertz CT molecular complexity index is 845. The average Bonchev–Trinajstić information content (AvgIpc) is 2.79. The molecule has 0 saturated heterocycles. The molecule has 1 aliphatic rings. The predicted molar refractivity (Wildman–Crippen MR) is 111 cm³/mol. The molecule has 0 radical (unpaired) electrons. The molecule has 29 heavy (non-hydrogen) atoms. The molecule has 1 heterocycles. The van der Waals surface area contributed by atoms with Crippen LogP contribution in [0.25, 0.3) is 0 Å². The van der Waals surface area contributed by atoms with Gasteiger partial charge in [-0.1, -0.05) is 32.1 Å². The van der Waals surface area contributed by atoms with E-state index in [1.54, 1.807) is 12.0 Å². The van der Waals surface area contributed by atoms with Crippen LogP contribution < -0.4 is 4.74 Å². The molecule has 7 nitrogen and oxygen atoms in total. The largest absolute Gasteiger partial charge is 0.497 e. The molecule has 0 spiro atoms. The fraction of sp³-hybridized carbons (Fsp3) is 0.318. The molecule has 0 saturated carbocycles. The summed E-state index contributed by atoms with van der Waals surface area (Å²) in [7, 11) is 1.60. The first-order valence-corrected chi connectivity index (χ1v) is 9.54. The van der Waals surface area contributed by atoms with E-state index in [1.165, 1.54) is 24.3 Å². The van der Waals surface area contributed by atoms with Crippen LogP contribution in [0.4, 0.5) is 5.69 Å². The van der Waals surface area contributed by atoms with E-state index in [-0.39, 0.29) is 11.6 Å². The van der Waals surface area contributed by atoms with Crippen molar-refractivity contribution in [2.45, 2.75) is 26.8 Å². The molecule has 7 heteroatoms. The Morgan fingerprint density at radius 3 is 2.31 bits per heavy atom. The number of methoxy groups -OCH3 is 1. The topological polar surface area (TPSA) is 81.9 Å². The van der Waals surface area contributed by atoms with Gasteiger partial charge in [0.25, 0.3) is 11.6 Å². The molecule has 3 rings (SSSR count). The first-order valence-electron chi connectivity index (χ1n) is 9.54. The van der Waals surface area contributed by atoms with Crippen molar-refractivity contribution in [1.29, 1.82) is 0 Å². The summed E-state index contributed by atoms with van der Waals surface area (Å²) in [6, 6.07) is 13.1. The van der Waals surface area contributed by atoms with Gasteiger partial charge in [-0.05, 0) is 36.2 Å². The molecule has 1 aliphatic heterocycles. The van der Waals surface area contributed by atoms with E-state index in [0.29, 0.717) is 25.3 Å². The number of carbonyl (C=O) groups is 1. The summed E-state index contributed by atoms with van der Waals surface area (Å²) in [5, 5.41) is 10.8. The smallest absolute Gasteiger partial charge is 0.269 e. The first kappa shape index (κ1) is 22.1. The molecular weight excluding hydrogens is 372 g/mol. The van der Waals surface area contributed by atoms with Crippen LogP contribution in [0.1, 0.15) is 36.2 Å². The highest BCUT2D eigenvalue weighted by molar-refractivity contribution is 5.95. The lowest BCUT2D eigenvalue weighted by molar-refractivity contribution is -0.384. The Labute approximate surface area is 170 Å². The van der Waals surface area contributed by atoms with Gasteiger partial charge < -0.3 is 14.4 Å². The lowest BCUT2D eigenvalue weighted by atomic mass is 10.1. The molecule has 0 aromatic heterocycles. The molecule has 0 unspecified atom stereocenters. The van der Waals surface area contributed by atoms with Crippen molar-refractivity contribution in [2.75, 3.05) is 20.3 Å². The van der Waals surface area contributed by atoms with E-state index in [2.05, 4.69) is 0 Å². The minimum Gasteiger partial charge on any atom is -0.497 e. The summed E-state index contributed by atoms with van der Waals surface area (Å²) in [5.41, 5.74) is 2.08. The Balaban J connectivity index is 0.00000145. The van der Waals surface area contributed by atoms with Gasteiger partial charge >= 0.3 is 0 Å². The number of nitrogens with zero attached hydrogens (tertiary/aromatic N) is 2. The van der Waals surface area contributed by atoms with Gasteiger partial charge in [-0.15, -0.1) is 0 Å². The van der Waals surface area contributed by atoms with Crippen molar-refractivity contribution in [3.8, 4) is 5.75 Å². The number of amides is 1. The summed E-state index contributed by atoms with van der Waals surface area (Å²) in [6.07, 6.45) is 2.73. The summed E-state index contributed by atoms with van der Waals surface area (Å²) in [4.78, 5) is 25.1. The number of nitro groups is 1. The summed E-state index contributed by atoms with van der Waals surface area (Å²) in [5.74, 6) is 0.518. The van der Waals surface area contributed by atoms with Gasteiger partial charge in [0.2, 0.25) is 0 Å². The lowest BCUT2D eigenvalue weighted by Crippen LogP contribution is -2.33. The monoisotopic (exact) mass is 398 g/mol. The molecular formula is C22H26N2O5. The Morgan fingerprint density at radius 2 is 1.79 bits per heavy atom. The third-order valence-corrected chi connectivity index (χ3v) is 4.31. The predicted octanol–water partition coefficient (Wildman–Crippen LogP) is 4.58. The second kappa shape index (κ2) is 11.0. The number of hydrogen-bond donors (Lipinski definition) is 0. The zero-order valence-corrected chi connectivity index (χ0v) is 17.0. The van der Waals surface area contributed by atoms with Crippen molar-refractivity contribution in [3.05, 3.63) is 81.5 Å². The first-order chi connectivity index (χ1) is 14.1. The fourth-order valence-corrected chi connectivity index (χ4v) is 2.83. The van der Waals surface area contributed by atoms with Gasteiger partial charge in [-0.2, -0.15) is 0 Å². The molecule has 0 fully saturated rings. The number of hydrogen-bond acceptors (Lipinski definition) is 5. The normalized spacial score (nSPS) is 12.9. The SMILES string of the molecule is CC.COc1ccc(CN(C(=O)c2ccc([N+](=O)[O-])cc2)C2=CCCOC2)cc1. The van der Waals surface area contributed by atoms with Crippen LogP contribution in [-0.2, 0) is 11.3 Å². The molecule has 0 aliphatic carbocycles. The second-order valence-corrected chi connectivity index (χ2v) is 6.08. The Hall–Kier alpha value is -3.19. The highest BCUT2D eigenvalue weighted by atomic mass is 16.6.